The van der Waals surface area contributed by atoms with Crippen molar-refractivity contribution in [3.63, 3.8) is 0 Å². The molecule has 1 atom stereocenters. The molecule has 0 amide bonds. The number of rotatable bonds is 63. The van der Waals surface area contributed by atoms with Gasteiger partial charge < -0.3 is 14.2 Å². The minimum atomic E-state index is -0.769. The lowest BCUT2D eigenvalue weighted by molar-refractivity contribution is -0.167. The first kappa shape index (κ1) is 72.2. The van der Waals surface area contributed by atoms with Gasteiger partial charge in [-0.15, -0.1) is 0 Å². The third-order valence-electron chi connectivity index (χ3n) is 15.5. The summed E-state index contributed by atoms with van der Waals surface area (Å²) in [6.07, 6.45) is 75.5. The second-order valence-corrected chi connectivity index (χ2v) is 23.1. The maximum absolute atomic E-state index is 12.8. The highest BCUT2D eigenvalue weighted by molar-refractivity contribution is 5.71. The Kier molecular flexibility index (Phi) is 62.1. The van der Waals surface area contributed by atoms with E-state index >= 15 is 0 Å². The van der Waals surface area contributed by atoms with Crippen molar-refractivity contribution in [2.24, 2.45) is 0 Å². The Labute approximate surface area is 462 Å². The van der Waals surface area contributed by atoms with Crippen molar-refractivity contribution in [1.82, 2.24) is 0 Å². The molecule has 438 valence electrons. The zero-order chi connectivity index (χ0) is 53.6. The minimum absolute atomic E-state index is 0.0676. The Balaban J connectivity index is 3.96. The van der Waals surface area contributed by atoms with E-state index in [9.17, 15) is 14.4 Å². The maximum atomic E-state index is 12.8. The molecule has 0 saturated heterocycles. The average Bonchev–Trinajstić information content (AvgIpc) is 3.40. The molecule has 0 radical (unpaired) electrons. The van der Waals surface area contributed by atoms with Crippen LogP contribution in [0.3, 0.4) is 0 Å². The van der Waals surface area contributed by atoms with Crippen LogP contribution in [0.25, 0.3) is 0 Å². The van der Waals surface area contributed by atoms with Gasteiger partial charge >= 0.3 is 17.9 Å². The molecule has 1 unspecified atom stereocenters. The summed E-state index contributed by atoms with van der Waals surface area (Å²) in [4.78, 5) is 38.1. The topological polar surface area (TPSA) is 78.9 Å². The highest BCUT2D eigenvalue weighted by Crippen LogP contribution is 2.19. The van der Waals surface area contributed by atoms with Gasteiger partial charge in [-0.2, -0.15) is 0 Å². The normalized spacial score (nSPS) is 12.0. The first-order valence-corrected chi connectivity index (χ1v) is 33.7. The molecular weight excluding hydrogens is 913 g/mol. The molecule has 0 aromatic rings. The Bertz CT molecular complexity index is 1150. The molecule has 74 heavy (non-hydrogen) atoms. The second kappa shape index (κ2) is 63.7. The molecule has 0 spiro atoms. The summed E-state index contributed by atoms with van der Waals surface area (Å²) in [6, 6.07) is 0. The van der Waals surface area contributed by atoms with Crippen molar-refractivity contribution < 1.29 is 28.6 Å². The highest BCUT2D eigenvalue weighted by atomic mass is 16.6. The molecule has 0 aliphatic heterocycles. The molecule has 0 aromatic heterocycles. The van der Waals surface area contributed by atoms with Crippen LogP contribution in [0.15, 0.2) is 12.2 Å². The number of allylic oxidation sites excluding steroid dienone is 2. The van der Waals surface area contributed by atoms with Crippen LogP contribution in [0.5, 0.6) is 0 Å². The zero-order valence-electron chi connectivity index (χ0n) is 50.4. The van der Waals surface area contributed by atoms with Gasteiger partial charge in [0, 0.05) is 19.3 Å². The van der Waals surface area contributed by atoms with Crippen LogP contribution >= 0.6 is 0 Å². The molecule has 0 bridgehead atoms. The summed E-state index contributed by atoms with van der Waals surface area (Å²) in [7, 11) is 0. The molecule has 0 saturated carbocycles. The maximum Gasteiger partial charge on any atom is 0.306 e. The van der Waals surface area contributed by atoms with Crippen LogP contribution in [0.2, 0.25) is 0 Å². The summed E-state index contributed by atoms with van der Waals surface area (Å²) < 4.78 is 16.9. The third kappa shape index (κ3) is 61.0. The van der Waals surface area contributed by atoms with E-state index in [1.54, 1.807) is 0 Å². The van der Waals surface area contributed by atoms with Crippen molar-refractivity contribution in [3.05, 3.63) is 12.2 Å². The van der Waals surface area contributed by atoms with Gasteiger partial charge in [0.15, 0.2) is 6.10 Å². The number of carbonyl (C=O) groups excluding carboxylic acids is 3. The smallest absolute Gasteiger partial charge is 0.306 e. The predicted octanol–water partition coefficient (Wildman–Crippen LogP) is 22.8. The summed E-state index contributed by atoms with van der Waals surface area (Å²) in [5, 5.41) is 0. The first-order chi connectivity index (χ1) is 36.5. The van der Waals surface area contributed by atoms with E-state index in [4.69, 9.17) is 14.2 Å². The van der Waals surface area contributed by atoms with E-state index in [2.05, 4.69) is 32.9 Å². The van der Waals surface area contributed by atoms with Crippen molar-refractivity contribution in [2.75, 3.05) is 13.2 Å². The van der Waals surface area contributed by atoms with E-state index in [1.165, 1.54) is 283 Å². The van der Waals surface area contributed by atoms with Gasteiger partial charge in [-0.3, -0.25) is 14.4 Å². The van der Waals surface area contributed by atoms with Crippen LogP contribution < -0.4 is 0 Å². The first-order valence-electron chi connectivity index (χ1n) is 33.7. The van der Waals surface area contributed by atoms with Crippen molar-refractivity contribution in [1.29, 1.82) is 0 Å². The average molecular weight is 1040 g/mol. The minimum Gasteiger partial charge on any atom is -0.462 e. The summed E-state index contributed by atoms with van der Waals surface area (Å²) in [5.74, 6) is -0.853. The largest absolute Gasteiger partial charge is 0.462 e. The number of ether oxygens (including phenoxy) is 3. The van der Waals surface area contributed by atoms with Gasteiger partial charge in [-0.25, -0.2) is 0 Å². The molecule has 6 nitrogen and oxygen atoms in total. The molecule has 0 heterocycles. The van der Waals surface area contributed by atoms with Gasteiger partial charge in [0.2, 0.25) is 0 Å². The van der Waals surface area contributed by atoms with Gasteiger partial charge in [-0.1, -0.05) is 335 Å². The SMILES string of the molecule is CCCCCC/C=C\CCCCCCCC(=O)OC(COC(=O)CCCCCCCCCCCC)COC(=O)CCCCCCCCCCCCCCCCCCCCCCCCCCCCCCCCCCC. The molecule has 0 N–H and O–H groups in total. The van der Waals surface area contributed by atoms with Gasteiger partial charge in [0.1, 0.15) is 13.2 Å². The van der Waals surface area contributed by atoms with Crippen molar-refractivity contribution >= 4 is 17.9 Å². The Morgan fingerprint density at radius 3 is 0.689 bits per heavy atom. The number of carbonyl (C=O) groups is 3. The molecule has 0 aromatic carbocycles. The van der Waals surface area contributed by atoms with Crippen molar-refractivity contribution in [3.8, 4) is 0 Å². The molecular formula is C68H130O6. The monoisotopic (exact) mass is 1040 g/mol. The molecule has 6 heteroatoms. The fourth-order valence-electron chi connectivity index (χ4n) is 10.4. The number of esters is 3. The van der Waals surface area contributed by atoms with Gasteiger partial charge in [-0.05, 0) is 44.9 Å². The molecule has 0 fully saturated rings. The number of hydrogen-bond donors (Lipinski definition) is 0. The summed E-state index contributed by atoms with van der Waals surface area (Å²) >= 11 is 0. The van der Waals surface area contributed by atoms with E-state index < -0.39 is 6.10 Å². The van der Waals surface area contributed by atoms with E-state index in [-0.39, 0.29) is 31.1 Å². The lowest BCUT2D eigenvalue weighted by Crippen LogP contribution is -2.30. The predicted molar refractivity (Wildman–Crippen MR) is 321 cm³/mol. The van der Waals surface area contributed by atoms with Crippen LogP contribution in [0.1, 0.15) is 387 Å². The fraction of sp³-hybridized carbons (Fsp3) is 0.926. The lowest BCUT2D eigenvalue weighted by atomic mass is 10.0. The van der Waals surface area contributed by atoms with E-state index in [0.29, 0.717) is 19.3 Å². The van der Waals surface area contributed by atoms with Gasteiger partial charge in [0.05, 0.1) is 0 Å². The van der Waals surface area contributed by atoms with Crippen molar-refractivity contribution in [2.45, 2.75) is 393 Å². The van der Waals surface area contributed by atoms with Gasteiger partial charge in [0.25, 0.3) is 0 Å². The number of hydrogen-bond acceptors (Lipinski definition) is 6. The standard InChI is InChI=1S/C68H130O6/c1-4-7-10-13-16-19-22-24-25-26-27-28-29-30-31-32-33-34-35-36-37-38-39-40-41-42-43-45-46-49-52-55-58-61-67(70)73-64-65(63-72-66(69)60-57-54-51-48-21-18-15-12-9-6-3)74-68(71)62-59-56-53-50-47-44-23-20-17-14-11-8-5-2/h20,23,65H,4-19,21-22,24-64H2,1-3H3/b23-20-. The summed E-state index contributed by atoms with van der Waals surface area (Å²) in [6.45, 7) is 6.67. The lowest BCUT2D eigenvalue weighted by Gasteiger charge is -2.18. The quantitative estimate of drug-likeness (QED) is 0.0261. The molecule has 0 aliphatic carbocycles. The Morgan fingerprint density at radius 1 is 0.257 bits per heavy atom. The van der Waals surface area contributed by atoms with Crippen LogP contribution in [-0.4, -0.2) is 37.2 Å². The Hall–Kier alpha value is -1.85. The third-order valence-corrected chi connectivity index (χ3v) is 15.5. The van der Waals surface area contributed by atoms with E-state index in [0.717, 1.165) is 64.2 Å². The Morgan fingerprint density at radius 2 is 0.446 bits per heavy atom. The van der Waals surface area contributed by atoms with Crippen LogP contribution in [0.4, 0.5) is 0 Å². The van der Waals surface area contributed by atoms with Crippen LogP contribution in [-0.2, 0) is 28.6 Å². The summed E-state index contributed by atoms with van der Waals surface area (Å²) in [5.41, 5.74) is 0. The fourth-order valence-corrected chi connectivity index (χ4v) is 10.4. The molecule has 0 rings (SSSR count). The van der Waals surface area contributed by atoms with Crippen LogP contribution in [0, 0.1) is 0 Å². The van der Waals surface area contributed by atoms with E-state index in [1.807, 2.05) is 0 Å². The highest BCUT2D eigenvalue weighted by Gasteiger charge is 2.19. The zero-order valence-corrected chi connectivity index (χ0v) is 50.4. The number of unbranched alkanes of at least 4 members (excludes halogenated alkanes) is 50. The molecule has 0 aliphatic rings. The second-order valence-electron chi connectivity index (χ2n) is 23.1.